The molecule has 120 valence electrons. The zero-order valence-corrected chi connectivity index (χ0v) is 13.6. The lowest BCUT2D eigenvalue weighted by molar-refractivity contribution is 0.585. The van der Waals surface area contributed by atoms with Crippen molar-refractivity contribution in [3.05, 3.63) is 77.1 Å². The van der Waals surface area contributed by atoms with Crippen molar-refractivity contribution in [2.75, 3.05) is 0 Å². The molecule has 1 aromatic heterocycles. The van der Waals surface area contributed by atoms with Crippen molar-refractivity contribution in [1.29, 1.82) is 0 Å². The fourth-order valence-corrected chi connectivity index (χ4v) is 3.24. The molecule has 2 nitrogen and oxygen atoms in total. The molecule has 5 heteroatoms. The van der Waals surface area contributed by atoms with Crippen LogP contribution >= 0.6 is 11.6 Å². The highest BCUT2D eigenvalue weighted by Gasteiger charge is 2.18. The quantitative estimate of drug-likeness (QED) is 0.562. The zero-order chi connectivity index (χ0) is 16.8. The van der Waals surface area contributed by atoms with Crippen molar-refractivity contribution in [2.24, 2.45) is 4.99 Å². The van der Waals surface area contributed by atoms with Gasteiger partial charge in [-0.3, -0.25) is 0 Å². The second kappa shape index (κ2) is 5.56. The van der Waals surface area contributed by atoms with Crippen molar-refractivity contribution in [3.63, 3.8) is 0 Å². The van der Waals surface area contributed by atoms with Gasteiger partial charge in [0.15, 0.2) is 5.17 Å². The highest BCUT2D eigenvalue weighted by Crippen LogP contribution is 2.32. The van der Waals surface area contributed by atoms with Crippen LogP contribution in [0.4, 0.5) is 14.5 Å². The summed E-state index contributed by atoms with van der Waals surface area (Å²) in [5, 5.41) is 0.353. The molecule has 2 aromatic carbocycles. The van der Waals surface area contributed by atoms with Gasteiger partial charge >= 0.3 is 0 Å². The van der Waals surface area contributed by atoms with Gasteiger partial charge in [-0.05, 0) is 36.8 Å². The van der Waals surface area contributed by atoms with E-state index >= 15 is 0 Å². The number of fused-ring (bicyclic) bond motifs is 2. The van der Waals surface area contributed by atoms with E-state index in [4.69, 9.17) is 11.6 Å². The molecule has 1 aliphatic rings. The van der Waals surface area contributed by atoms with Crippen LogP contribution in [0.5, 0.6) is 0 Å². The summed E-state index contributed by atoms with van der Waals surface area (Å²) in [6.07, 6.45) is 1.82. The SMILES string of the molecule is Cc1ccc2c(c1)Cn1cc(-c3ccc(F)cc3F)cc1C(Cl)=N2. The number of rotatable bonds is 1. The van der Waals surface area contributed by atoms with Crippen molar-refractivity contribution >= 4 is 22.5 Å². The van der Waals surface area contributed by atoms with Gasteiger partial charge in [0.05, 0.1) is 11.4 Å². The second-order valence-corrected chi connectivity index (χ2v) is 6.26. The molecule has 2 heterocycles. The first-order valence-corrected chi connectivity index (χ1v) is 7.89. The molecule has 0 aliphatic carbocycles. The molecular formula is C19H13ClF2N2. The van der Waals surface area contributed by atoms with Gasteiger partial charge in [-0.15, -0.1) is 0 Å². The number of hydrogen-bond donors (Lipinski definition) is 0. The predicted octanol–water partition coefficient (Wildman–Crippen LogP) is 5.42. The maximum Gasteiger partial charge on any atom is 0.153 e. The number of nitrogens with zero attached hydrogens (tertiary/aromatic N) is 2. The number of aryl methyl sites for hydroxylation is 1. The molecule has 0 saturated carbocycles. The largest absolute Gasteiger partial charge is 0.340 e. The van der Waals surface area contributed by atoms with E-state index in [1.165, 1.54) is 12.1 Å². The summed E-state index contributed by atoms with van der Waals surface area (Å²) in [7, 11) is 0. The average Bonchev–Trinajstić information content (AvgIpc) is 2.88. The predicted molar refractivity (Wildman–Crippen MR) is 92.1 cm³/mol. The Morgan fingerprint density at radius 2 is 1.92 bits per heavy atom. The van der Waals surface area contributed by atoms with Crippen molar-refractivity contribution < 1.29 is 8.78 Å². The Hall–Kier alpha value is -2.46. The molecule has 0 spiro atoms. The first kappa shape index (κ1) is 15.1. The fraction of sp³-hybridized carbons (Fsp3) is 0.105. The Kier molecular flexibility index (Phi) is 3.50. The smallest absolute Gasteiger partial charge is 0.153 e. The van der Waals surface area contributed by atoms with E-state index in [2.05, 4.69) is 11.1 Å². The third-order valence-electron chi connectivity index (χ3n) is 4.14. The highest BCUT2D eigenvalue weighted by atomic mass is 35.5. The number of hydrogen-bond acceptors (Lipinski definition) is 1. The molecule has 0 radical (unpaired) electrons. The standard InChI is InChI=1S/C19H13ClF2N2/c1-11-2-5-17-13(6-11)10-24-9-12(7-18(24)19(20)23-17)15-4-3-14(21)8-16(15)22/h2-9H,10H2,1H3. The molecule has 3 aromatic rings. The van der Waals surface area contributed by atoms with Gasteiger partial charge in [0.25, 0.3) is 0 Å². The molecule has 0 atom stereocenters. The van der Waals surface area contributed by atoms with Crippen LogP contribution in [0.2, 0.25) is 0 Å². The minimum absolute atomic E-state index is 0.339. The van der Waals surface area contributed by atoms with Gasteiger partial charge in [0.1, 0.15) is 11.6 Å². The van der Waals surface area contributed by atoms with Crippen molar-refractivity contribution in [1.82, 2.24) is 4.57 Å². The van der Waals surface area contributed by atoms with Crippen LogP contribution in [0.3, 0.4) is 0 Å². The maximum atomic E-state index is 14.1. The first-order valence-electron chi connectivity index (χ1n) is 7.51. The van der Waals surface area contributed by atoms with E-state index in [1.807, 2.05) is 29.8 Å². The third kappa shape index (κ3) is 2.53. The minimum Gasteiger partial charge on any atom is -0.340 e. The molecule has 0 fully saturated rings. The molecular weight excluding hydrogens is 330 g/mol. The average molecular weight is 343 g/mol. The van der Waals surface area contributed by atoms with E-state index in [9.17, 15) is 8.78 Å². The van der Waals surface area contributed by atoms with Gasteiger partial charge in [-0.2, -0.15) is 0 Å². The van der Waals surface area contributed by atoms with Crippen LogP contribution in [0.25, 0.3) is 11.1 Å². The number of aliphatic imine (C=N–C) groups is 1. The molecule has 0 N–H and O–H groups in total. The maximum absolute atomic E-state index is 14.1. The molecule has 4 rings (SSSR count). The summed E-state index contributed by atoms with van der Waals surface area (Å²) in [6.45, 7) is 2.61. The van der Waals surface area contributed by atoms with Crippen LogP contribution in [0, 0.1) is 18.6 Å². The number of benzene rings is 2. The molecule has 0 amide bonds. The van der Waals surface area contributed by atoms with E-state index < -0.39 is 11.6 Å². The molecule has 0 bridgehead atoms. The van der Waals surface area contributed by atoms with Crippen LogP contribution in [-0.4, -0.2) is 9.74 Å². The van der Waals surface area contributed by atoms with Crippen molar-refractivity contribution in [3.8, 4) is 11.1 Å². The van der Waals surface area contributed by atoms with E-state index in [0.29, 0.717) is 28.5 Å². The summed E-state index contributed by atoms with van der Waals surface area (Å²) in [4.78, 5) is 4.47. The van der Waals surface area contributed by atoms with E-state index in [1.54, 1.807) is 6.07 Å². The van der Waals surface area contributed by atoms with Crippen LogP contribution in [-0.2, 0) is 6.54 Å². The van der Waals surface area contributed by atoms with Crippen LogP contribution in [0.1, 0.15) is 16.8 Å². The fourth-order valence-electron chi connectivity index (χ4n) is 2.98. The van der Waals surface area contributed by atoms with Crippen LogP contribution in [0.15, 0.2) is 53.7 Å². The Morgan fingerprint density at radius 3 is 2.71 bits per heavy atom. The van der Waals surface area contributed by atoms with Gasteiger partial charge in [-0.25, -0.2) is 13.8 Å². The van der Waals surface area contributed by atoms with Crippen molar-refractivity contribution in [2.45, 2.75) is 13.5 Å². The van der Waals surface area contributed by atoms with Gasteiger partial charge in [0, 0.05) is 29.9 Å². The first-order chi connectivity index (χ1) is 11.5. The lowest BCUT2D eigenvalue weighted by atomic mass is 10.1. The van der Waals surface area contributed by atoms with Gasteiger partial charge < -0.3 is 4.57 Å². The van der Waals surface area contributed by atoms with E-state index in [-0.39, 0.29) is 0 Å². The topological polar surface area (TPSA) is 17.3 Å². The summed E-state index contributed by atoms with van der Waals surface area (Å²) < 4.78 is 29.1. The normalized spacial score (nSPS) is 13.1. The highest BCUT2D eigenvalue weighted by molar-refractivity contribution is 6.69. The number of aromatic nitrogens is 1. The summed E-state index contributed by atoms with van der Waals surface area (Å²) in [5.74, 6) is -1.19. The molecule has 0 unspecified atom stereocenters. The Bertz CT molecular complexity index is 989. The van der Waals surface area contributed by atoms with Gasteiger partial charge in [0.2, 0.25) is 0 Å². The van der Waals surface area contributed by atoms with Crippen LogP contribution < -0.4 is 0 Å². The Morgan fingerprint density at radius 1 is 1.08 bits per heavy atom. The molecule has 1 aliphatic heterocycles. The molecule has 24 heavy (non-hydrogen) atoms. The summed E-state index contributed by atoms with van der Waals surface area (Å²) in [6, 6.07) is 11.3. The lowest BCUT2D eigenvalue weighted by Crippen LogP contribution is -2.03. The van der Waals surface area contributed by atoms with E-state index in [0.717, 1.165) is 22.9 Å². The second-order valence-electron chi connectivity index (χ2n) is 5.90. The Balaban J connectivity index is 1.84. The number of halogens is 3. The van der Waals surface area contributed by atoms with Gasteiger partial charge in [-0.1, -0.05) is 29.3 Å². The summed E-state index contributed by atoms with van der Waals surface area (Å²) >= 11 is 6.36. The monoisotopic (exact) mass is 342 g/mol. The zero-order valence-electron chi connectivity index (χ0n) is 12.9. The third-order valence-corrected chi connectivity index (χ3v) is 4.42. The minimum atomic E-state index is -0.597. The molecule has 0 saturated heterocycles. The Labute approximate surface area is 143 Å². The lowest BCUT2D eigenvalue weighted by Gasteiger charge is -2.07. The summed E-state index contributed by atoms with van der Waals surface area (Å²) in [5.41, 5.74) is 4.72.